The van der Waals surface area contributed by atoms with E-state index < -0.39 is 0 Å². The van der Waals surface area contributed by atoms with E-state index in [4.69, 9.17) is 4.74 Å². The van der Waals surface area contributed by atoms with Gasteiger partial charge in [0.2, 0.25) is 0 Å². The zero-order valence-electron chi connectivity index (χ0n) is 14.2. The summed E-state index contributed by atoms with van der Waals surface area (Å²) in [7, 11) is 1.74. The summed E-state index contributed by atoms with van der Waals surface area (Å²) < 4.78 is 5.32. The molecule has 1 atom stereocenters. The smallest absolute Gasteiger partial charge is 0.119 e. The van der Waals surface area contributed by atoms with Gasteiger partial charge in [-0.15, -0.1) is 0 Å². The van der Waals surface area contributed by atoms with E-state index in [2.05, 4.69) is 37.4 Å². The molecule has 0 aromatic heterocycles. The van der Waals surface area contributed by atoms with E-state index in [9.17, 15) is 0 Å². The minimum absolute atomic E-state index is 0.596. The third-order valence-electron chi connectivity index (χ3n) is 3.96. The highest BCUT2D eigenvalue weighted by Crippen LogP contribution is 2.16. The monoisotopic (exact) mass is 291 g/mol. The summed E-state index contributed by atoms with van der Waals surface area (Å²) in [4.78, 5) is 0. The fraction of sp³-hybridized carbons (Fsp3) is 0.684. The molecule has 0 radical (unpaired) electrons. The van der Waals surface area contributed by atoms with Gasteiger partial charge in [0.05, 0.1) is 7.11 Å². The first kappa shape index (κ1) is 18.0. The topological polar surface area (TPSA) is 21.3 Å². The Balaban J connectivity index is 2.43. The van der Waals surface area contributed by atoms with Crippen LogP contribution < -0.4 is 10.1 Å². The Morgan fingerprint density at radius 3 is 2.57 bits per heavy atom. The second kappa shape index (κ2) is 11.6. The highest BCUT2D eigenvalue weighted by atomic mass is 16.5. The average molecular weight is 291 g/mol. The summed E-state index contributed by atoms with van der Waals surface area (Å²) in [6.45, 7) is 5.62. The van der Waals surface area contributed by atoms with Crippen molar-refractivity contribution in [2.45, 2.75) is 71.3 Å². The lowest BCUT2D eigenvalue weighted by atomic mass is 9.99. The van der Waals surface area contributed by atoms with E-state index >= 15 is 0 Å². The van der Waals surface area contributed by atoms with Gasteiger partial charge in [-0.3, -0.25) is 0 Å². The standard InChI is InChI=1S/C19H33NO/c1-4-6-7-8-9-12-18(20-14-5-2)15-17-11-10-13-19(16-17)21-3/h10-11,13,16,18,20H,4-9,12,14-15H2,1-3H3. The zero-order valence-corrected chi connectivity index (χ0v) is 14.2. The maximum atomic E-state index is 5.32. The lowest BCUT2D eigenvalue weighted by Gasteiger charge is -2.19. The third kappa shape index (κ3) is 8.11. The van der Waals surface area contributed by atoms with Crippen LogP contribution in [0.3, 0.4) is 0 Å². The van der Waals surface area contributed by atoms with Gasteiger partial charge < -0.3 is 10.1 Å². The van der Waals surface area contributed by atoms with Gasteiger partial charge in [-0.1, -0.05) is 58.1 Å². The van der Waals surface area contributed by atoms with Crippen LogP contribution in [0.5, 0.6) is 5.75 Å². The van der Waals surface area contributed by atoms with Crippen LogP contribution in [0.1, 0.15) is 64.4 Å². The molecule has 0 aliphatic rings. The molecule has 21 heavy (non-hydrogen) atoms. The molecular weight excluding hydrogens is 258 g/mol. The summed E-state index contributed by atoms with van der Waals surface area (Å²) in [6, 6.07) is 9.08. The molecule has 2 nitrogen and oxygen atoms in total. The number of unbranched alkanes of at least 4 members (excludes halogenated alkanes) is 4. The molecule has 0 saturated heterocycles. The van der Waals surface area contributed by atoms with Crippen LogP contribution in [0, 0.1) is 0 Å². The van der Waals surface area contributed by atoms with Crippen molar-refractivity contribution in [1.29, 1.82) is 0 Å². The van der Waals surface area contributed by atoms with Crippen molar-refractivity contribution in [2.24, 2.45) is 0 Å². The number of rotatable bonds is 12. The number of hydrogen-bond acceptors (Lipinski definition) is 2. The second-order valence-electron chi connectivity index (χ2n) is 5.91. The number of nitrogens with one attached hydrogen (secondary N) is 1. The van der Waals surface area contributed by atoms with Gasteiger partial charge in [0.15, 0.2) is 0 Å². The molecule has 0 aliphatic heterocycles. The molecule has 0 amide bonds. The lowest BCUT2D eigenvalue weighted by molar-refractivity contribution is 0.412. The predicted molar refractivity (Wildman–Crippen MR) is 92.2 cm³/mol. The first-order valence-corrected chi connectivity index (χ1v) is 8.66. The van der Waals surface area contributed by atoms with Crippen molar-refractivity contribution in [3.8, 4) is 5.75 Å². The molecular formula is C19H33NO. The number of benzene rings is 1. The van der Waals surface area contributed by atoms with E-state index in [1.165, 1.54) is 50.5 Å². The lowest BCUT2D eigenvalue weighted by Crippen LogP contribution is -2.31. The van der Waals surface area contributed by atoms with E-state index in [0.717, 1.165) is 18.7 Å². The van der Waals surface area contributed by atoms with Crippen LogP contribution in [0.2, 0.25) is 0 Å². The molecule has 1 aromatic carbocycles. The Kier molecular flexibility index (Phi) is 9.98. The largest absolute Gasteiger partial charge is 0.497 e. The van der Waals surface area contributed by atoms with Crippen LogP contribution in [-0.4, -0.2) is 19.7 Å². The number of ether oxygens (including phenoxy) is 1. The number of hydrogen-bond donors (Lipinski definition) is 1. The molecule has 1 aromatic rings. The van der Waals surface area contributed by atoms with Gasteiger partial charge in [0.1, 0.15) is 5.75 Å². The minimum atomic E-state index is 0.596. The van der Waals surface area contributed by atoms with Gasteiger partial charge >= 0.3 is 0 Å². The second-order valence-corrected chi connectivity index (χ2v) is 5.91. The Morgan fingerprint density at radius 1 is 1.05 bits per heavy atom. The average Bonchev–Trinajstić information content (AvgIpc) is 2.52. The third-order valence-corrected chi connectivity index (χ3v) is 3.96. The quantitative estimate of drug-likeness (QED) is 0.549. The fourth-order valence-corrected chi connectivity index (χ4v) is 2.70. The summed E-state index contributed by atoms with van der Waals surface area (Å²) in [5, 5.41) is 3.71. The molecule has 0 aliphatic carbocycles. The molecule has 120 valence electrons. The first-order valence-electron chi connectivity index (χ1n) is 8.66. The van der Waals surface area contributed by atoms with E-state index in [1.807, 2.05) is 6.07 Å². The van der Waals surface area contributed by atoms with Crippen molar-refractivity contribution in [2.75, 3.05) is 13.7 Å². The van der Waals surface area contributed by atoms with Crippen LogP contribution in [-0.2, 0) is 6.42 Å². The van der Waals surface area contributed by atoms with E-state index in [-0.39, 0.29) is 0 Å². The van der Waals surface area contributed by atoms with Crippen molar-refractivity contribution in [3.63, 3.8) is 0 Å². The van der Waals surface area contributed by atoms with Crippen molar-refractivity contribution >= 4 is 0 Å². The normalized spacial score (nSPS) is 12.3. The summed E-state index contributed by atoms with van der Waals surface area (Å²) in [5.74, 6) is 0.963. The van der Waals surface area contributed by atoms with Crippen molar-refractivity contribution in [3.05, 3.63) is 29.8 Å². The van der Waals surface area contributed by atoms with Gasteiger partial charge in [-0.25, -0.2) is 0 Å². The van der Waals surface area contributed by atoms with Crippen LogP contribution in [0.15, 0.2) is 24.3 Å². The Morgan fingerprint density at radius 2 is 1.86 bits per heavy atom. The molecule has 0 heterocycles. The van der Waals surface area contributed by atoms with Crippen molar-refractivity contribution in [1.82, 2.24) is 5.32 Å². The summed E-state index contributed by atoms with van der Waals surface area (Å²) >= 11 is 0. The van der Waals surface area contributed by atoms with Crippen LogP contribution in [0.4, 0.5) is 0 Å². The van der Waals surface area contributed by atoms with Gasteiger partial charge in [-0.2, -0.15) is 0 Å². The summed E-state index contributed by atoms with van der Waals surface area (Å²) in [5.41, 5.74) is 1.37. The maximum Gasteiger partial charge on any atom is 0.119 e. The maximum absolute atomic E-state index is 5.32. The van der Waals surface area contributed by atoms with Crippen LogP contribution in [0.25, 0.3) is 0 Å². The highest BCUT2D eigenvalue weighted by molar-refractivity contribution is 5.28. The Hall–Kier alpha value is -1.02. The molecule has 1 unspecified atom stereocenters. The molecule has 1 N–H and O–H groups in total. The van der Waals surface area contributed by atoms with Crippen molar-refractivity contribution < 1.29 is 4.74 Å². The SMILES string of the molecule is CCCCCCCC(Cc1cccc(OC)c1)NCCC. The Labute approximate surface area is 131 Å². The van der Waals surface area contributed by atoms with Gasteiger partial charge in [0, 0.05) is 6.04 Å². The zero-order chi connectivity index (χ0) is 15.3. The Bertz CT molecular complexity index is 364. The van der Waals surface area contributed by atoms with E-state index in [0.29, 0.717) is 6.04 Å². The van der Waals surface area contributed by atoms with Gasteiger partial charge in [0.25, 0.3) is 0 Å². The molecule has 0 bridgehead atoms. The predicted octanol–water partition coefficient (Wildman–Crippen LogP) is 4.97. The molecule has 0 saturated carbocycles. The molecule has 0 spiro atoms. The number of methoxy groups -OCH3 is 1. The minimum Gasteiger partial charge on any atom is -0.497 e. The van der Waals surface area contributed by atoms with Crippen LogP contribution >= 0.6 is 0 Å². The molecule has 0 fully saturated rings. The van der Waals surface area contributed by atoms with Gasteiger partial charge in [-0.05, 0) is 43.5 Å². The highest BCUT2D eigenvalue weighted by Gasteiger charge is 2.09. The first-order chi connectivity index (χ1) is 10.3. The fourth-order valence-electron chi connectivity index (χ4n) is 2.70. The molecule has 2 heteroatoms. The summed E-state index contributed by atoms with van der Waals surface area (Å²) in [6.07, 6.45) is 10.4. The molecule has 1 rings (SSSR count). The van der Waals surface area contributed by atoms with E-state index in [1.54, 1.807) is 7.11 Å².